The van der Waals surface area contributed by atoms with E-state index in [2.05, 4.69) is 36.9 Å². The molecule has 0 saturated carbocycles. The smallest absolute Gasteiger partial charge is 0.246 e. The molecule has 1 aromatic heterocycles. The lowest BCUT2D eigenvalue weighted by Gasteiger charge is -2.29. The maximum Gasteiger partial charge on any atom is 0.246 e. The molecule has 1 saturated heterocycles. The van der Waals surface area contributed by atoms with Crippen molar-refractivity contribution in [2.45, 2.75) is 6.42 Å². The topological polar surface area (TPSA) is 93.0 Å². The third-order valence-corrected chi connectivity index (χ3v) is 5.56. The third kappa shape index (κ3) is 5.75. The standard InChI is InChI=1S/C26H26N6O3/c1-4-20(33)15-18-7-5-6-8-21(18)29-25-23(27-2)17-28-26(31-25)30-22-10-9-19(16-24(22)34-3)32-11-13-35-14-12-32/h4-10,16-17H,1,11-15H2,3H3,(H2,28,29,30,31). The Morgan fingerprint density at radius 1 is 1.23 bits per heavy atom. The highest BCUT2D eigenvalue weighted by molar-refractivity contribution is 5.92. The summed E-state index contributed by atoms with van der Waals surface area (Å²) in [4.78, 5) is 26.5. The third-order valence-electron chi connectivity index (χ3n) is 5.56. The van der Waals surface area contributed by atoms with E-state index in [-0.39, 0.29) is 17.9 Å². The van der Waals surface area contributed by atoms with E-state index in [0.717, 1.165) is 24.3 Å². The van der Waals surface area contributed by atoms with E-state index in [0.29, 0.717) is 42.1 Å². The van der Waals surface area contributed by atoms with Crippen LogP contribution in [-0.2, 0) is 16.0 Å². The molecule has 9 nitrogen and oxygen atoms in total. The van der Waals surface area contributed by atoms with Crippen molar-refractivity contribution in [1.29, 1.82) is 0 Å². The van der Waals surface area contributed by atoms with Crippen LogP contribution < -0.4 is 20.3 Å². The summed E-state index contributed by atoms with van der Waals surface area (Å²) >= 11 is 0. The minimum atomic E-state index is -0.0951. The number of anilines is 5. The van der Waals surface area contributed by atoms with Gasteiger partial charge in [0.25, 0.3) is 0 Å². The maximum absolute atomic E-state index is 11.9. The van der Waals surface area contributed by atoms with Crippen LogP contribution in [0, 0.1) is 6.57 Å². The summed E-state index contributed by atoms with van der Waals surface area (Å²) in [5, 5.41) is 6.37. The van der Waals surface area contributed by atoms with E-state index in [4.69, 9.17) is 16.0 Å². The van der Waals surface area contributed by atoms with E-state index in [1.807, 2.05) is 42.5 Å². The first-order chi connectivity index (χ1) is 17.1. The quantitative estimate of drug-likeness (QED) is 0.345. The largest absolute Gasteiger partial charge is 0.494 e. The van der Waals surface area contributed by atoms with Gasteiger partial charge in [0, 0.05) is 43.1 Å². The second-order valence-electron chi connectivity index (χ2n) is 7.78. The predicted molar refractivity (Wildman–Crippen MR) is 136 cm³/mol. The van der Waals surface area contributed by atoms with Gasteiger partial charge in [-0.1, -0.05) is 24.8 Å². The molecule has 1 aliphatic rings. The number of rotatable bonds is 9. The van der Waals surface area contributed by atoms with Gasteiger partial charge in [0.2, 0.25) is 11.6 Å². The number of hydrogen-bond donors (Lipinski definition) is 2. The van der Waals surface area contributed by atoms with Crippen LogP contribution in [0.2, 0.25) is 0 Å². The lowest BCUT2D eigenvalue weighted by atomic mass is 10.1. The first kappa shape index (κ1) is 23.7. The highest BCUT2D eigenvalue weighted by Crippen LogP contribution is 2.33. The number of carbonyl (C=O) groups is 1. The average Bonchev–Trinajstić information content (AvgIpc) is 2.90. The molecule has 4 rings (SSSR count). The van der Waals surface area contributed by atoms with Crippen LogP contribution in [0.5, 0.6) is 5.75 Å². The molecule has 2 heterocycles. The van der Waals surface area contributed by atoms with Gasteiger partial charge in [0.05, 0.1) is 32.6 Å². The lowest BCUT2D eigenvalue weighted by Crippen LogP contribution is -2.36. The van der Waals surface area contributed by atoms with Gasteiger partial charge in [0.1, 0.15) is 11.6 Å². The van der Waals surface area contributed by atoms with E-state index < -0.39 is 0 Å². The summed E-state index contributed by atoms with van der Waals surface area (Å²) in [5.74, 6) is 1.19. The van der Waals surface area contributed by atoms with E-state index in [1.165, 1.54) is 12.3 Å². The Labute approximate surface area is 204 Å². The number of carbonyl (C=O) groups excluding carboxylic acids is 1. The molecule has 178 valence electrons. The van der Waals surface area contributed by atoms with Gasteiger partial charge < -0.3 is 25.0 Å². The van der Waals surface area contributed by atoms with Crippen molar-refractivity contribution < 1.29 is 14.3 Å². The van der Waals surface area contributed by atoms with Crippen LogP contribution in [0.15, 0.2) is 61.3 Å². The zero-order chi connectivity index (χ0) is 24.6. The number of nitrogens with zero attached hydrogens (tertiary/aromatic N) is 4. The molecule has 2 N–H and O–H groups in total. The molecule has 0 aliphatic carbocycles. The average molecular weight is 471 g/mol. The Morgan fingerprint density at radius 3 is 2.77 bits per heavy atom. The van der Waals surface area contributed by atoms with Crippen molar-refractivity contribution >= 4 is 40.3 Å². The van der Waals surface area contributed by atoms with Crippen LogP contribution in [0.25, 0.3) is 4.85 Å². The summed E-state index contributed by atoms with van der Waals surface area (Å²) in [5.41, 5.74) is 3.47. The van der Waals surface area contributed by atoms with Gasteiger partial charge in [-0.05, 0) is 29.8 Å². The van der Waals surface area contributed by atoms with Crippen molar-refractivity contribution in [3.63, 3.8) is 0 Å². The molecule has 35 heavy (non-hydrogen) atoms. The number of methoxy groups -OCH3 is 1. The Morgan fingerprint density at radius 2 is 2.03 bits per heavy atom. The first-order valence-corrected chi connectivity index (χ1v) is 11.1. The molecule has 1 aliphatic heterocycles. The van der Waals surface area contributed by atoms with Gasteiger partial charge in [-0.25, -0.2) is 14.8 Å². The number of aromatic nitrogens is 2. The zero-order valence-electron chi connectivity index (χ0n) is 19.5. The molecular weight excluding hydrogens is 444 g/mol. The fourth-order valence-electron chi connectivity index (χ4n) is 3.72. The fourth-order valence-corrected chi connectivity index (χ4v) is 3.72. The summed E-state index contributed by atoms with van der Waals surface area (Å²) in [6.45, 7) is 14.1. The molecule has 1 fully saturated rings. The maximum atomic E-state index is 11.9. The predicted octanol–water partition coefficient (Wildman–Crippen LogP) is 4.66. The van der Waals surface area contributed by atoms with E-state index in [9.17, 15) is 4.79 Å². The number of allylic oxidation sites excluding steroid dienone is 1. The van der Waals surface area contributed by atoms with E-state index in [1.54, 1.807) is 7.11 Å². The van der Waals surface area contributed by atoms with Gasteiger partial charge in [0.15, 0.2) is 5.78 Å². The molecule has 0 unspecified atom stereocenters. The number of benzene rings is 2. The minimum absolute atomic E-state index is 0.0951. The highest BCUT2D eigenvalue weighted by atomic mass is 16.5. The molecule has 0 radical (unpaired) electrons. The van der Waals surface area contributed by atoms with Crippen molar-refractivity contribution in [3.05, 3.63) is 78.3 Å². The Bertz CT molecular complexity index is 1260. The Balaban J connectivity index is 1.59. The second-order valence-corrected chi connectivity index (χ2v) is 7.78. The zero-order valence-corrected chi connectivity index (χ0v) is 19.5. The number of nitrogens with one attached hydrogen (secondary N) is 2. The highest BCUT2D eigenvalue weighted by Gasteiger charge is 2.16. The molecule has 2 aromatic carbocycles. The molecule has 0 atom stereocenters. The fraction of sp³-hybridized carbons (Fsp3) is 0.231. The van der Waals surface area contributed by atoms with Crippen LogP contribution in [0.3, 0.4) is 0 Å². The molecular formula is C26H26N6O3. The van der Waals surface area contributed by atoms with Crippen LogP contribution in [0.1, 0.15) is 5.56 Å². The van der Waals surface area contributed by atoms with Gasteiger partial charge in [-0.2, -0.15) is 0 Å². The number of ketones is 1. The molecule has 3 aromatic rings. The van der Waals surface area contributed by atoms with E-state index >= 15 is 0 Å². The number of hydrogen-bond acceptors (Lipinski definition) is 8. The number of para-hydroxylation sites is 1. The lowest BCUT2D eigenvalue weighted by molar-refractivity contribution is -0.114. The number of morpholine rings is 1. The summed E-state index contributed by atoms with van der Waals surface area (Å²) < 4.78 is 11.0. The molecule has 0 spiro atoms. The Kier molecular flexibility index (Phi) is 7.55. The van der Waals surface area contributed by atoms with Crippen LogP contribution in [-0.4, -0.2) is 49.2 Å². The first-order valence-electron chi connectivity index (χ1n) is 11.1. The molecule has 0 bridgehead atoms. The van der Waals surface area contributed by atoms with Gasteiger partial charge in [-0.15, -0.1) is 0 Å². The van der Waals surface area contributed by atoms with Gasteiger partial charge in [-0.3, -0.25) is 4.79 Å². The summed E-state index contributed by atoms with van der Waals surface area (Å²) in [6, 6.07) is 13.3. The normalized spacial score (nSPS) is 13.0. The van der Waals surface area contributed by atoms with Crippen LogP contribution >= 0.6 is 0 Å². The van der Waals surface area contributed by atoms with Gasteiger partial charge >= 0.3 is 0 Å². The van der Waals surface area contributed by atoms with Crippen molar-refractivity contribution in [3.8, 4) is 5.75 Å². The Hall–Kier alpha value is -4.42. The minimum Gasteiger partial charge on any atom is -0.494 e. The van der Waals surface area contributed by atoms with Crippen molar-refractivity contribution in [2.75, 3.05) is 48.9 Å². The van der Waals surface area contributed by atoms with Crippen molar-refractivity contribution in [2.24, 2.45) is 0 Å². The SMILES string of the molecule is [C-]#[N+]c1cnc(Nc2ccc(N3CCOCC3)cc2OC)nc1Nc1ccccc1CC(=O)C=C. The number of ether oxygens (including phenoxy) is 2. The molecule has 0 amide bonds. The summed E-state index contributed by atoms with van der Waals surface area (Å²) in [6.07, 6.45) is 2.95. The monoisotopic (exact) mass is 470 g/mol. The van der Waals surface area contributed by atoms with Crippen molar-refractivity contribution in [1.82, 2.24) is 9.97 Å². The molecule has 9 heteroatoms. The van der Waals surface area contributed by atoms with Crippen LogP contribution in [0.4, 0.5) is 34.5 Å². The summed E-state index contributed by atoms with van der Waals surface area (Å²) in [7, 11) is 1.61. The second kappa shape index (κ2) is 11.1.